The van der Waals surface area contributed by atoms with Gasteiger partial charge in [0.2, 0.25) is 0 Å². The number of rotatable bonds is 5. The van der Waals surface area contributed by atoms with E-state index >= 15 is 0 Å². The quantitative estimate of drug-likeness (QED) is 0.569. The van der Waals surface area contributed by atoms with Gasteiger partial charge in [-0.3, -0.25) is 0 Å². The Morgan fingerprint density at radius 3 is 2.62 bits per heavy atom. The van der Waals surface area contributed by atoms with E-state index in [2.05, 4.69) is 28.8 Å². The van der Waals surface area contributed by atoms with E-state index in [1.165, 1.54) is 72.0 Å². The summed E-state index contributed by atoms with van der Waals surface area (Å²) in [5.74, 6) is 2.34. The van der Waals surface area contributed by atoms with Crippen molar-refractivity contribution in [2.75, 3.05) is 36.5 Å². The van der Waals surface area contributed by atoms with Crippen molar-refractivity contribution >= 4 is 43.4 Å². The molecule has 0 atom stereocenters. The van der Waals surface area contributed by atoms with Crippen LogP contribution in [0.1, 0.15) is 63.0 Å². The second kappa shape index (κ2) is 8.05. The van der Waals surface area contributed by atoms with Crippen molar-refractivity contribution in [1.29, 1.82) is 0 Å². The van der Waals surface area contributed by atoms with E-state index in [9.17, 15) is 0 Å². The van der Waals surface area contributed by atoms with E-state index in [1.54, 1.807) is 17.7 Å². The number of hydrogen-bond donors (Lipinski definition) is 0. The molecule has 0 aromatic carbocycles. The van der Waals surface area contributed by atoms with Gasteiger partial charge in [-0.15, -0.1) is 11.3 Å². The van der Waals surface area contributed by atoms with Crippen molar-refractivity contribution < 1.29 is 0 Å². The van der Waals surface area contributed by atoms with E-state index in [0.717, 1.165) is 48.6 Å². The first-order valence-electron chi connectivity index (χ1n) is 11.3. The average molecular weight is 410 g/mol. The second-order valence-corrected chi connectivity index (χ2v) is 9.58. The van der Waals surface area contributed by atoms with Crippen LogP contribution in [0.25, 0.3) is 20.4 Å². The molecule has 3 aromatic heterocycles. The topological polar surface area (TPSA) is 45.2 Å². The number of unbranched alkanes of at least 4 members (excludes halogenated alkanes) is 1. The zero-order chi connectivity index (χ0) is 19.8. The summed E-state index contributed by atoms with van der Waals surface area (Å²) in [4.78, 5) is 20.7. The van der Waals surface area contributed by atoms with Gasteiger partial charge in [-0.2, -0.15) is 0 Å². The smallest absolute Gasteiger partial charge is 0.149 e. The highest BCUT2D eigenvalue weighted by molar-refractivity contribution is 7.26. The zero-order valence-electron chi connectivity index (χ0n) is 17.7. The summed E-state index contributed by atoms with van der Waals surface area (Å²) in [6, 6.07) is 0. The Labute approximate surface area is 177 Å². The van der Waals surface area contributed by atoms with Crippen molar-refractivity contribution in [1.82, 2.24) is 15.0 Å². The number of anilines is 2. The maximum atomic E-state index is 5.27. The molecule has 4 heterocycles. The molecule has 0 saturated carbocycles. The van der Waals surface area contributed by atoms with Crippen LogP contribution in [0.2, 0.25) is 0 Å². The Morgan fingerprint density at radius 2 is 1.83 bits per heavy atom. The van der Waals surface area contributed by atoms with E-state index in [4.69, 9.17) is 9.97 Å². The third kappa shape index (κ3) is 3.35. The Kier molecular flexibility index (Phi) is 5.29. The van der Waals surface area contributed by atoms with Crippen LogP contribution in [0.4, 0.5) is 11.6 Å². The SMILES string of the molecule is CCCCN(C)c1ncnc2c1sc1nc(N3CCCCC3)c3c(c12)CCCC3. The minimum atomic E-state index is 1.03. The molecule has 1 saturated heterocycles. The lowest BCUT2D eigenvalue weighted by Crippen LogP contribution is -2.31. The largest absolute Gasteiger partial charge is 0.358 e. The first-order chi connectivity index (χ1) is 14.3. The predicted octanol–water partition coefficient (Wildman–Crippen LogP) is 5.34. The fourth-order valence-electron chi connectivity index (χ4n) is 4.97. The fourth-order valence-corrected chi connectivity index (χ4v) is 6.17. The van der Waals surface area contributed by atoms with Gasteiger partial charge < -0.3 is 9.80 Å². The first kappa shape index (κ1) is 19.0. The summed E-state index contributed by atoms with van der Waals surface area (Å²) in [6.07, 6.45) is 12.9. The lowest BCUT2D eigenvalue weighted by molar-refractivity contribution is 0.569. The molecule has 154 valence electrons. The third-order valence-corrected chi connectivity index (χ3v) is 7.61. The molecule has 29 heavy (non-hydrogen) atoms. The fraction of sp³-hybridized carbons (Fsp3) is 0.609. The van der Waals surface area contributed by atoms with Gasteiger partial charge in [0.15, 0.2) is 0 Å². The predicted molar refractivity (Wildman–Crippen MR) is 124 cm³/mol. The Bertz CT molecular complexity index is 1020. The highest BCUT2D eigenvalue weighted by atomic mass is 32.1. The van der Waals surface area contributed by atoms with Crippen LogP contribution in [0, 0.1) is 0 Å². The molecule has 2 aliphatic rings. The van der Waals surface area contributed by atoms with Crippen molar-refractivity contribution in [3.05, 3.63) is 17.5 Å². The molecule has 0 bridgehead atoms. The molecule has 0 unspecified atom stereocenters. The number of hydrogen-bond acceptors (Lipinski definition) is 6. The minimum absolute atomic E-state index is 1.03. The van der Waals surface area contributed by atoms with Gasteiger partial charge in [0.05, 0.1) is 10.2 Å². The highest BCUT2D eigenvalue weighted by Crippen LogP contribution is 2.43. The molecule has 5 rings (SSSR count). The van der Waals surface area contributed by atoms with Crippen LogP contribution < -0.4 is 9.80 Å². The summed E-state index contributed by atoms with van der Waals surface area (Å²) in [5, 5.41) is 1.31. The van der Waals surface area contributed by atoms with Gasteiger partial charge in [-0.05, 0) is 62.5 Å². The van der Waals surface area contributed by atoms with Gasteiger partial charge >= 0.3 is 0 Å². The number of fused-ring (bicyclic) bond motifs is 5. The van der Waals surface area contributed by atoms with Crippen LogP contribution in [-0.4, -0.2) is 41.6 Å². The number of pyridine rings is 1. The summed E-state index contributed by atoms with van der Waals surface area (Å²) >= 11 is 1.80. The summed E-state index contributed by atoms with van der Waals surface area (Å²) < 4.78 is 1.21. The monoisotopic (exact) mass is 409 g/mol. The maximum Gasteiger partial charge on any atom is 0.149 e. The van der Waals surface area contributed by atoms with Crippen LogP contribution in [0.3, 0.4) is 0 Å². The van der Waals surface area contributed by atoms with E-state index in [0.29, 0.717) is 0 Å². The lowest BCUT2D eigenvalue weighted by Gasteiger charge is -2.31. The number of thiophene rings is 1. The molecule has 5 nitrogen and oxygen atoms in total. The Hall–Kier alpha value is -1.95. The molecular formula is C23H31N5S. The Morgan fingerprint density at radius 1 is 1.03 bits per heavy atom. The number of aromatic nitrogens is 3. The molecule has 0 radical (unpaired) electrons. The van der Waals surface area contributed by atoms with Gasteiger partial charge in [-0.25, -0.2) is 15.0 Å². The summed E-state index contributed by atoms with van der Waals surface area (Å²) in [6.45, 7) is 5.57. The summed E-state index contributed by atoms with van der Waals surface area (Å²) in [7, 11) is 2.16. The van der Waals surface area contributed by atoms with Crippen LogP contribution >= 0.6 is 11.3 Å². The highest BCUT2D eigenvalue weighted by Gasteiger charge is 2.26. The van der Waals surface area contributed by atoms with Gasteiger partial charge in [0, 0.05) is 32.1 Å². The number of piperidine rings is 1. The second-order valence-electron chi connectivity index (χ2n) is 8.58. The normalized spacial score (nSPS) is 17.1. The number of nitrogens with zero attached hydrogens (tertiary/aromatic N) is 5. The molecule has 1 aliphatic carbocycles. The third-order valence-electron chi connectivity index (χ3n) is 6.55. The van der Waals surface area contributed by atoms with Gasteiger partial charge in [0.1, 0.15) is 22.8 Å². The maximum absolute atomic E-state index is 5.27. The lowest BCUT2D eigenvalue weighted by atomic mass is 9.89. The van der Waals surface area contributed by atoms with E-state index < -0.39 is 0 Å². The summed E-state index contributed by atoms with van der Waals surface area (Å²) in [5.41, 5.74) is 4.15. The molecular weight excluding hydrogens is 378 g/mol. The van der Waals surface area contributed by atoms with Crippen molar-refractivity contribution in [2.45, 2.75) is 64.7 Å². The molecule has 0 N–H and O–H groups in total. The molecule has 3 aromatic rings. The minimum Gasteiger partial charge on any atom is -0.358 e. The van der Waals surface area contributed by atoms with E-state index in [1.807, 2.05) is 0 Å². The van der Waals surface area contributed by atoms with Crippen LogP contribution in [0.5, 0.6) is 0 Å². The molecule has 6 heteroatoms. The molecule has 0 spiro atoms. The molecule has 1 fully saturated rings. The van der Waals surface area contributed by atoms with Crippen LogP contribution in [-0.2, 0) is 12.8 Å². The molecule has 0 amide bonds. The molecule has 1 aliphatic heterocycles. The Balaban J connectivity index is 1.70. The standard InChI is InChI=1S/C23H31N5S/c1-3-4-12-27(2)22-20-19(24-15-25-22)18-16-10-6-7-11-17(16)21(26-23(18)29-20)28-13-8-5-9-14-28/h15H,3-14H2,1-2H3. The van der Waals surface area contributed by atoms with Crippen LogP contribution in [0.15, 0.2) is 6.33 Å². The number of aryl methyl sites for hydroxylation is 1. The van der Waals surface area contributed by atoms with Gasteiger partial charge in [0.25, 0.3) is 0 Å². The zero-order valence-corrected chi connectivity index (χ0v) is 18.5. The van der Waals surface area contributed by atoms with Crippen molar-refractivity contribution in [2.24, 2.45) is 0 Å². The average Bonchev–Trinajstić information content (AvgIpc) is 3.16. The van der Waals surface area contributed by atoms with Gasteiger partial charge in [-0.1, -0.05) is 13.3 Å². The van der Waals surface area contributed by atoms with E-state index in [-0.39, 0.29) is 0 Å². The van der Waals surface area contributed by atoms with Crippen molar-refractivity contribution in [3.8, 4) is 0 Å². The van der Waals surface area contributed by atoms with Crippen molar-refractivity contribution in [3.63, 3.8) is 0 Å². The first-order valence-corrected chi connectivity index (χ1v) is 12.1.